The van der Waals surface area contributed by atoms with Crippen molar-refractivity contribution in [3.8, 4) is 0 Å². The van der Waals surface area contributed by atoms with E-state index in [-0.39, 0.29) is 6.04 Å². The second-order valence-corrected chi connectivity index (χ2v) is 4.31. The Hall–Kier alpha value is -1.43. The van der Waals surface area contributed by atoms with Crippen LogP contribution in [0.15, 0.2) is 6.33 Å². The van der Waals surface area contributed by atoms with Gasteiger partial charge in [-0.05, 0) is 26.3 Å². The fraction of sp³-hybridized carbons (Fsp3) is 0.727. The third-order valence-corrected chi connectivity index (χ3v) is 3.24. The number of hydrogen-bond acceptors (Lipinski definition) is 4. The number of piperidine rings is 1. The molecule has 94 valence electrons. The first kappa shape index (κ1) is 12.0. The van der Waals surface area contributed by atoms with Crippen molar-refractivity contribution in [2.75, 3.05) is 6.54 Å². The minimum atomic E-state index is -0.729. The average Bonchev–Trinajstić information content (AvgIpc) is 2.77. The molecule has 1 fully saturated rings. The van der Waals surface area contributed by atoms with E-state index in [0.29, 0.717) is 6.54 Å². The van der Waals surface area contributed by atoms with E-state index >= 15 is 0 Å². The molecule has 2 heterocycles. The monoisotopic (exact) mass is 238 g/mol. The first-order chi connectivity index (χ1) is 8.22. The van der Waals surface area contributed by atoms with Gasteiger partial charge >= 0.3 is 5.97 Å². The van der Waals surface area contributed by atoms with Crippen LogP contribution in [-0.4, -0.2) is 43.3 Å². The zero-order valence-electron chi connectivity index (χ0n) is 10.0. The van der Waals surface area contributed by atoms with Crippen LogP contribution in [0.2, 0.25) is 0 Å². The lowest BCUT2D eigenvalue weighted by atomic mass is 10.0. The molecule has 1 aromatic heterocycles. The van der Waals surface area contributed by atoms with Gasteiger partial charge in [0, 0.05) is 6.54 Å². The van der Waals surface area contributed by atoms with Crippen molar-refractivity contribution in [2.24, 2.45) is 0 Å². The molecule has 0 radical (unpaired) electrons. The maximum Gasteiger partial charge on any atom is 0.320 e. The molecule has 1 N–H and O–H groups in total. The minimum Gasteiger partial charge on any atom is -0.480 e. The van der Waals surface area contributed by atoms with Crippen LogP contribution in [0.4, 0.5) is 0 Å². The molecule has 1 aromatic rings. The number of carbonyl (C=O) groups is 1. The summed E-state index contributed by atoms with van der Waals surface area (Å²) in [5.41, 5.74) is 0. The van der Waals surface area contributed by atoms with Crippen LogP contribution in [-0.2, 0) is 17.9 Å². The van der Waals surface area contributed by atoms with Crippen molar-refractivity contribution in [2.45, 2.75) is 45.3 Å². The lowest BCUT2D eigenvalue weighted by molar-refractivity contribution is -0.144. The summed E-state index contributed by atoms with van der Waals surface area (Å²) in [5, 5.41) is 13.3. The van der Waals surface area contributed by atoms with Gasteiger partial charge < -0.3 is 5.11 Å². The number of aromatic nitrogens is 3. The van der Waals surface area contributed by atoms with Gasteiger partial charge in [-0.15, -0.1) is 0 Å². The Morgan fingerprint density at radius 1 is 1.59 bits per heavy atom. The van der Waals surface area contributed by atoms with E-state index in [1.165, 1.54) is 6.33 Å². The molecular formula is C11H18N4O2. The molecular weight excluding hydrogens is 220 g/mol. The first-order valence-electron chi connectivity index (χ1n) is 6.06. The molecule has 2 rings (SSSR count). The second kappa shape index (κ2) is 5.27. The number of hydrogen-bond donors (Lipinski definition) is 1. The Morgan fingerprint density at radius 2 is 2.41 bits per heavy atom. The normalized spacial score (nSPS) is 21.6. The van der Waals surface area contributed by atoms with Gasteiger partial charge in [-0.1, -0.05) is 6.42 Å². The Labute approximate surface area is 100 Å². The van der Waals surface area contributed by atoms with E-state index in [2.05, 4.69) is 10.1 Å². The van der Waals surface area contributed by atoms with Crippen molar-refractivity contribution in [1.29, 1.82) is 0 Å². The number of aliphatic carboxylic acids is 1. The number of aryl methyl sites for hydroxylation is 1. The van der Waals surface area contributed by atoms with E-state index in [1.54, 1.807) is 0 Å². The first-order valence-corrected chi connectivity index (χ1v) is 6.06. The fourth-order valence-electron chi connectivity index (χ4n) is 2.32. The van der Waals surface area contributed by atoms with Crippen LogP contribution >= 0.6 is 0 Å². The summed E-state index contributed by atoms with van der Waals surface area (Å²) in [6, 6.07) is -0.370. The van der Waals surface area contributed by atoms with Crippen molar-refractivity contribution in [3.05, 3.63) is 12.2 Å². The van der Waals surface area contributed by atoms with E-state index in [9.17, 15) is 9.90 Å². The van der Waals surface area contributed by atoms with Crippen LogP contribution in [0.1, 0.15) is 32.0 Å². The van der Waals surface area contributed by atoms with E-state index < -0.39 is 5.97 Å². The van der Waals surface area contributed by atoms with Gasteiger partial charge in [0.1, 0.15) is 18.2 Å². The maximum absolute atomic E-state index is 11.2. The van der Waals surface area contributed by atoms with Gasteiger partial charge in [0.2, 0.25) is 0 Å². The Kier molecular flexibility index (Phi) is 3.73. The van der Waals surface area contributed by atoms with Crippen molar-refractivity contribution < 1.29 is 9.90 Å². The van der Waals surface area contributed by atoms with Crippen LogP contribution in [0.3, 0.4) is 0 Å². The summed E-state index contributed by atoms with van der Waals surface area (Å²) in [6.07, 6.45) is 4.31. The van der Waals surface area contributed by atoms with Crippen LogP contribution in [0.25, 0.3) is 0 Å². The fourth-order valence-corrected chi connectivity index (χ4v) is 2.32. The molecule has 0 spiro atoms. The predicted molar refractivity (Wildman–Crippen MR) is 61.4 cm³/mol. The highest BCUT2D eigenvalue weighted by Crippen LogP contribution is 2.19. The van der Waals surface area contributed by atoms with Crippen molar-refractivity contribution >= 4 is 5.97 Å². The smallest absolute Gasteiger partial charge is 0.320 e. The molecule has 0 saturated carbocycles. The predicted octanol–water partition coefficient (Wildman–Crippen LogP) is 0.737. The summed E-state index contributed by atoms with van der Waals surface area (Å²) >= 11 is 0. The molecule has 1 atom stereocenters. The third kappa shape index (κ3) is 2.63. The highest BCUT2D eigenvalue weighted by Gasteiger charge is 2.29. The number of carboxylic acids is 1. The number of nitrogens with zero attached hydrogens (tertiary/aromatic N) is 4. The third-order valence-electron chi connectivity index (χ3n) is 3.24. The lowest BCUT2D eigenvalue weighted by Gasteiger charge is -2.32. The Morgan fingerprint density at radius 3 is 3.12 bits per heavy atom. The zero-order chi connectivity index (χ0) is 12.3. The van der Waals surface area contributed by atoms with Crippen LogP contribution < -0.4 is 0 Å². The second-order valence-electron chi connectivity index (χ2n) is 4.31. The standard InChI is InChI=1S/C11H18N4O2/c1-2-15-10(12-8-13-15)7-14-6-4-3-5-9(14)11(16)17/h8-9H,2-7H2,1H3,(H,16,17). The van der Waals surface area contributed by atoms with Crippen LogP contribution in [0, 0.1) is 0 Å². The van der Waals surface area contributed by atoms with Gasteiger partial charge in [0.15, 0.2) is 0 Å². The van der Waals surface area contributed by atoms with Gasteiger partial charge in [-0.2, -0.15) is 5.10 Å². The van der Waals surface area contributed by atoms with Gasteiger partial charge in [0.25, 0.3) is 0 Å². The highest BCUT2D eigenvalue weighted by molar-refractivity contribution is 5.73. The van der Waals surface area contributed by atoms with Gasteiger partial charge in [-0.3, -0.25) is 9.69 Å². The van der Waals surface area contributed by atoms with E-state index in [0.717, 1.165) is 38.2 Å². The average molecular weight is 238 g/mol. The largest absolute Gasteiger partial charge is 0.480 e. The summed E-state index contributed by atoms with van der Waals surface area (Å²) in [6.45, 7) is 4.17. The molecule has 6 heteroatoms. The molecule has 0 aliphatic carbocycles. The zero-order valence-corrected chi connectivity index (χ0v) is 10.0. The minimum absolute atomic E-state index is 0.370. The summed E-state index contributed by atoms with van der Waals surface area (Å²) in [4.78, 5) is 17.3. The molecule has 6 nitrogen and oxygen atoms in total. The Balaban J connectivity index is 2.08. The number of carboxylic acid groups (broad SMARTS) is 1. The topological polar surface area (TPSA) is 71.2 Å². The van der Waals surface area contributed by atoms with Crippen molar-refractivity contribution in [3.63, 3.8) is 0 Å². The van der Waals surface area contributed by atoms with Gasteiger partial charge in [0.05, 0.1) is 6.54 Å². The van der Waals surface area contributed by atoms with Crippen LogP contribution in [0.5, 0.6) is 0 Å². The lowest BCUT2D eigenvalue weighted by Crippen LogP contribution is -2.44. The number of likely N-dealkylation sites (tertiary alicyclic amines) is 1. The summed E-state index contributed by atoms with van der Waals surface area (Å²) in [5.74, 6) is 0.118. The Bertz CT molecular complexity index is 391. The molecule has 17 heavy (non-hydrogen) atoms. The van der Waals surface area contributed by atoms with Gasteiger partial charge in [-0.25, -0.2) is 9.67 Å². The summed E-state index contributed by atoms with van der Waals surface area (Å²) in [7, 11) is 0. The molecule has 0 amide bonds. The molecule has 1 aliphatic heterocycles. The quantitative estimate of drug-likeness (QED) is 0.837. The van der Waals surface area contributed by atoms with E-state index in [4.69, 9.17) is 0 Å². The molecule has 1 aliphatic rings. The molecule has 0 bridgehead atoms. The number of rotatable bonds is 4. The molecule has 1 unspecified atom stereocenters. The SMILES string of the molecule is CCn1ncnc1CN1CCCCC1C(=O)O. The van der Waals surface area contributed by atoms with E-state index in [1.807, 2.05) is 16.5 Å². The highest BCUT2D eigenvalue weighted by atomic mass is 16.4. The van der Waals surface area contributed by atoms with Crippen molar-refractivity contribution in [1.82, 2.24) is 19.7 Å². The molecule has 1 saturated heterocycles. The summed E-state index contributed by atoms with van der Waals surface area (Å²) < 4.78 is 1.81. The maximum atomic E-state index is 11.2. The molecule has 0 aromatic carbocycles.